The van der Waals surface area contributed by atoms with Gasteiger partial charge in [0.2, 0.25) is 5.91 Å². The fraction of sp³-hybridized carbons (Fsp3) is 0.818. The van der Waals surface area contributed by atoms with Crippen LogP contribution >= 0.6 is 0 Å². The first-order chi connectivity index (χ1) is 8.69. The lowest BCUT2D eigenvalue weighted by Crippen LogP contribution is -2.64. The van der Waals surface area contributed by atoms with Gasteiger partial charge in [-0.15, -0.1) is 0 Å². The van der Waals surface area contributed by atoms with E-state index in [1.807, 2.05) is 0 Å². The number of alkyl halides is 3. The molecule has 0 radical (unpaired) electrons. The van der Waals surface area contributed by atoms with Crippen LogP contribution in [0.15, 0.2) is 0 Å². The summed E-state index contributed by atoms with van der Waals surface area (Å²) in [5.74, 6) is -5.78. The van der Waals surface area contributed by atoms with Crippen LogP contribution in [0.2, 0.25) is 0 Å². The van der Waals surface area contributed by atoms with Crippen LogP contribution in [0.4, 0.5) is 13.2 Å². The predicted octanol–water partition coefficient (Wildman–Crippen LogP) is 0.682. The molecule has 2 rings (SSSR count). The minimum atomic E-state index is -3.35. The number of hydrogen-bond acceptors (Lipinski definition) is 3. The van der Waals surface area contributed by atoms with Gasteiger partial charge in [0.15, 0.2) is 5.41 Å². The minimum Gasteiger partial charge on any atom is -0.480 e. The summed E-state index contributed by atoms with van der Waals surface area (Å²) in [5.41, 5.74) is -2.06. The Balaban J connectivity index is 2.25. The summed E-state index contributed by atoms with van der Waals surface area (Å²) in [6.45, 7) is -0.829. The van der Waals surface area contributed by atoms with Crippen molar-refractivity contribution in [2.45, 2.75) is 31.5 Å². The molecular weight excluding hydrogens is 267 g/mol. The van der Waals surface area contributed by atoms with Crippen molar-refractivity contribution >= 4 is 11.9 Å². The van der Waals surface area contributed by atoms with E-state index in [-0.39, 0.29) is 6.42 Å². The molecule has 8 heteroatoms. The molecule has 0 aromatic heterocycles. The molecule has 2 aliphatic heterocycles. The van der Waals surface area contributed by atoms with Crippen LogP contribution in [0, 0.1) is 5.41 Å². The number of nitrogens with zero attached hydrogens (tertiary/aromatic N) is 1. The Morgan fingerprint density at radius 3 is 2.37 bits per heavy atom. The van der Waals surface area contributed by atoms with E-state index in [1.165, 1.54) is 0 Å². The zero-order chi connectivity index (χ0) is 14.4. The third kappa shape index (κ3) is 2.07. The van der Waals surface area contributed by atoms with E-state index in [4.69, 9.17) is 9.84 Å². The highest BCUT2D eigenvalue weighted by Crippen LogP contribution is 2.45. The fourth-order valence-corrected chi connectivity index (χ4v) is 2.39. The number of carboxylic acid groups (broad SMARTS) is 1. The second-order valence-electron chi connectivity index (χ2n) is 5.11. The van der Waals surface area contributed by atoms with Crippen LogP contribution in [0.5, 0.6) is 0 Å². The summed E-state index contributed by atoms with van der Waals surface area (Å²) in [7, 11) is 0. The molecule has 0 aromatic rings. The van der Waals surface area contributed by atoms with Crippen molar-refractivity contribution in [2.75, 3.05) is 19.8 Å². The summed E-state index contributed by atoms with van der Waals surface area (Å²) >= 11 is 0. The van der Waals surface area contributed by atoms with Gasteiger partial charge in [-0.25, -0.2) is 18.0 Å². The summed E-state index contributed by atoms with van der Waals surface area (Å²) in [6.07, 6.45) is -1.87. The molecule has 19 heavy (non-hydrogen) atoms. The van der Waals surface area contributed by atoms with Gasteiger partial charge in [0.1, 0.15) is 12.2 Å². The Morgan fingerprint density at radius 1 is 1.42 bits per heavy atom. The second-order valence-corrected chi connectivity index (χ2v) is 5.11. The summed E-state index contributed by atoms with van der Waals surface area (Å²) < 4.78 is 45.1. The maximum atomic E-state index is 13.6. The first-order valence-corrected chi connectivity index (χ1v) is 5.82. The third-order valence-corrected chi connectivity index (χ3v) is 3.74. The van der Waals surface area contributed by atoms with Gasteiger partial charge in [0.05, 0.1) is 19.8 Å². The number of carbonyl (C=O) groups is 2. The Morgan fingerprint density at radius 2 is 2.00 bits per heavy atom. The second kappa shape index (κ2) is 4.36. The average molecular weight is 281 g/mol. The largest absolute Gasteiger partial charge is 0.480 e. The molecule has 0 saturated carbocycles. The number of carboxylic acids is 1. The van der Waals surface area contributed by atoms with Crippen molar-refractivity contribution in [3.8, 4) is 0 Å². The molecule has 1 N–H and O–H groups in total. The molecule has 2 atom stereocenters. The number of ether oxygens (including phenoxy) is 1. The number of carbonyl (C=O) groups excluding carboxylic acids is 1. The number of halogens is 3. The quantitative estimate of drug-likeness (QED) is 0.826. The zero-order valence-corrected chi connectivity index (χ0v) is 10.2. The lowest BCUT2D eigenvalue weighted by atomic mass is 9.78. The highest BCUT2D eigenvalue weighted by atomic mass is 19.3. The molecule has 0 aromatic carbocycles. The monoisotopic (exact) mass is 281 g/mol. The lowest BCUT2D eigenvalue weighted by molar-refractivity contribution is -0.237. The topological polar surface area (TPSA) is 66.8 Å². The molecule has 0 bridgehead atoms. The molecule has 0 spiro atoms. The van der Waals surface area contributed by atoms with Crippen LogP contribution in [0.25, 0.3) is 0 Å². The Bertz CT molecular complexity index is 405. The van der Waals surface area contributed by atoms with Crippen molar-refractivity contribution in [3.63, 3.8) is 0 Å². The van der Waals surface area contributed by atoms with Crippen molar-refractivity contribution in [1.29, 1.82) is 0 Å². The number of aliphatic carboxylic acids is 1. The molecule has 108 valence electrons. The van der Waals surface area contributed by atoms with Gasteiger partial charge in [-0.1, -0.05) is 0 Å². The molecule has 5 nitrogen and oxygen atoms in total. The van der Waals surface area contributed by atoms with Crippen LogP contribution in [-0.4, -0.2) is 59.8 Å². The molecule has 2 heterocycles. The van der Waals surface area contributed by atoms with Gasteiger partial charge in [0, 0.05) is 13.3 Å². The highest BCUT2D eigenvalue weighted by molar-refractivity contribution is 5.89. The molecule has 2 saturated heterocycles. The van der Waals surface area contributed by atoms with Crippen LogP contribution < -0.4 is 0 Å². The van der Waals surface area contributed by atoms with Crippen LogP contribution in [-0.2, 0) is 14.3 Å². The summed E-state index contributed by atoms with van der Waals surface area (Å²) in [5, 5.41) is 8.93. The maximum Gasteiger partial charge on any atom is 0.326 e. The minimum absolute atomic E-state index is 0.368. The van der Waals surface area contributed by atoms with E-state index >= 15 is 0 Å². The van der Waals surface area contributed by atoms with Gasteiger partial charge in [-0.05, 0) is 0 Å². The van der Waals surface area contributed by atoms with E-state index in [1.54, 1.807) is 0 Å². The Hall–Kier alpha value is -1.31. The van der Waals surface area contributed by atoms with Crippen molar-refractivity contribution in [3.05, 3.63) is 0 Å². The van der Waals surface area contributed by atoms with Gasteiger partial charge >= 0.3 is 5.97 Å². The van der Waals surface area contributed by atoms with Gasteiger partial charge in [-0.3, -0.25) is 4.79 Å². The number of hydrogen-bond donors (Lipinski definition) is 1. The standard InChI is InChI=1S/C11H14F3NO4/c1-10(13,14)11(4-19-5-11)9(18)15-3-6(12)2-7(15)8(16)17/h6-7H,2-5H2,1H3,(H,16,17)/t6-,7+/m1/s1. The molecule has 1 amide bonds. The van der Waals surface area contributed by atoms with Crippen molar-refractivity contribution in [1.82, 2.24) is 4.90 Å². The number of rotatable bonds is 3. The Kier molecular flexibility index (Phi) is 3.24. The first-order valence-electron chi connectivity index (χ1n) is 5.82. The van der Waals surface area contributed by atoms with Crippen molar-refractivity contribution < 1.29 is 32.6 Å². The van der Waals surface area contributed by atoms with Gasteiger partial charge in [0.25, 0.3) is 5.92 Å². The van der Waals surface area contributed by atoms with Crippen molar-refractivity contribution in [2.24, 2.45) is 5.41 Å². The molecule has 0 unspecified atom stereocenters. The number of likely N-dealkylation sites (tertiary alicyclic amines) is 1. The summed E-state index contributed by atoms with van der Waals surface area (Å²) in [6, 6.07) is -1.39. The van der Waals surface area contributed by atoms with Gasteiger partial charge in [-0.2, -0.15) is 0 Å². The third-order valence-electron chi connectivity index (χ3n) is 3.74. The predicted molar refractivity (Wildman–Crippen MR) is 56.5 cm³/mol. The number of amides is 1. The zero-order valence-electron chi connectivity index (χ0n) is 10.2. The lowest BCUT2D eigenvalue weighted by Gasteiger charge is -2.46. The molecular formula is C11H14F3NO4. The van der Waals surface area contributed by atoms with E-state index in [9.17, 15) is 22.8 Å². The van der Waals surface area contributed by atoms with Crippen LogP contribution in [0.1, 0.15) is 13.3 Å². The maximum absolute atomic E-state index is 13.6. The normalized spacial score (nSPS) is 30.0. The first kappa shape index (κ1) is 14.1. The van der Waals surface area contributed by atoms with E-state index in [2.05, 4.69) is 0 Å². The Labute approximate surface area is 107 Å². The van der Waals surface area contributed by atoms with E-state index in [0.717, 1.165) is 0 Å². The van der Waals surface area contributed by atoms with E-state index < -0.39 is 55.2 Å². The average Bonchev–Trinajstić information content (AvgIpc) is 2.55. The highest BCUT2D eigenvalue weighted by Gasteiger charge is 2.64. The SMILES string of the molecule is CC(F)(F)C1(C(=O)N2C[C@H](F)C[C@H]2C(=O)O)COC1. The van der Waals surface area contributed by atoms with E-state index in [0.29, 0.717) is 11.8 Å². The van der Waals surface area contributed by atoms with Gasteiger partial charge < -0.3 is 14.7 Å². The van der Waals surface area contributed by atoms with Crippen LogP contribution in [0.3, 0.4) is 0 Å². The smallest absolute Gasteiger partial charge is 0.326 e. The summed E-state index contributed by atoms with van der Waals surface area (Å²) in [4.78, 5) is 23.9. The molecule has 2 fully saturated rings. The molecule has 0 aliphatic carbocycles. The molecule has 2 aliphatic rings. The fourth-order valence-electron chi connectivity index (χ4n) is 2.39.